The van der Waals surface area contributed by atoms with Gasteiger partial charge in [0, 0.05) is 0 Å². The second-order valence-corrected chi connectivity index (χ2v) is 3.34. The molecule has 0 amide bonds. The fourth-order valence-corrected chi connectivity index (χ4v) is 1.41. The molecule has 0 bridgehead atoms. The molecule has 1 heterocycles. The fraction of sp³-hybridized carbons (Fsp3) is 1.00. The molecule has 1 aliphatic heterocycles. The van der Waals surface area contributed by atoms with Crippen molar-refractivity contribution >= 4 is 0 Å². The minimum absolute atomic E-state index is 0.968. The van der Waals surface area contributed by atoms with Gasteiger partial charge in [-0.15, -0.1) is 0 Å². The number of nitrogens with zero attached hydrogens (tertiary/aromatic N) is 1. The third kappa shape index (κ3) is 5.25. The van der Waals surface area contributed by atoms with E-state index >= 15 is 0 Å². The van der Waals surface area contributed by atoms with Gasteiger partial charge in [0.2, 0.25) is 0 Å². The summed E-state index contributed by atoms with van der Waals surface area (Å²) in [6, 6.07) is 0. The highest BCUT2D eigenvalue weighted by molar-refractivity contribution is 4.63. The van der Waals surface area contributed by atoms with Crippen molar-refractivity contribution in [1.82, 2.24) is 4.90 Å². The predicted molar refractivity (Wildman–Crippen MR) is 51.9 cm³/mol. The maximum absolute atomic E-state index is 2.43. The molecular weight excluding hydrogens is 134 g/mol. The van der Waals surface area contributed by atoms with Crippen LogP contribution in [0.2, 0.25) is 0 Å². The van der Waals surface area contributed by atoms with Crippen LogP contribution in [0.3, 0.4) is 0 Å². The molecule has 0 aliphatic carbocycles. The third-order valence-corrected chi connectivity index (χ3v) is 2.24. The lowest BCUT2D eigenvalue weighted by Gasteiger charge is -2.11. The molecule has 0 radical (unpaired) electrons. The highest BCUT2D eigenvalue weighted by Crippen LogP contribution is 2.14. The Kier molecular flexibility index (Phi) is 6.63. The van der Waals surface area contributed by atoms with Gasteiger partial charge in [-0.1, -0.05) is 20.8 Å². The molecule has 0 N–H and O–H groups in total. The molecule has 1 saturated heterocycles. The van der Waals surface area contributed by atoms with E-state index in [9.17, 15) is 0 Å². The Bertz CT molecular complexity index is 70.9. The van der Waals surface area contributed by atoms with Gasteiger partial charge in [0.25, 0.3) is 0 Å². The second-order valence-electron chi connectivity index (χ2n) is 3.34. The molecule has 1 atom stereocenters. The van der Waals surface area contributed by atoms with E-state index in [1.54, 1.807) is 0 Å². The van der Waals surface area contributed by atoms with Crippen molar-refractivity contribution < 1.29 is 0 Å². The SMILES string of the molecule is CC.CC1CCCN(C)CC1. The number of likely N-dealkylation sites (tertiary alicyclic amines) is 1. The number of hydrogen-bond acceptors (Lipinski definition) is 1. The van der Waals surface area contributed by atoms with Crippen LogP contribution in [-0.2, 0) is 0 Å². The lowest BCUT2D eigenvalue weighted by atomic mass is 10.0. The molecule has 0 aromatic heterocycles. The van der Waals surface area contributed by atoms with Crippen LogP contribution in [0.5, 0.6) is 0 Å². The minimum Gasteiger partial charge on any atom is -0.306 e. The van der Waals surface area contributed by atoms with Crippen LogP contribution in [0, 0.1) is 5.92 Å². The first kappa shape index (κ1) is 11.0. The lowest BCUT2D eigenvalue weighted by molar-refractivity contribution is 0.344. The van der Waals surface area contributed by atoms with Crippen LogP contribution in [0.15, 0.2) is 0 Å². The zero-order chi connectivity index (χ0) is 8.69. The number of hydrogen-bond donors (Lipinski definition) is 0. The quantitative estimate of drug-likeness (QED) is 0.522. The van der Waals surface area contributed by atoms with Gasteiger partial charge in [-0.05, 0) is 45.3 Å². The number of rotatable bonds is 0. The predicted octanol–water partition coefficient (Wildman–Crippen LogP) is 2.76. The Morgan fingerprint density at radius 1 is 1.09 bits per heavy atom. The summed E-state index contributed by atoms with van der Waals surface area (Å²) in [4.78, 5) is 2.43. The van der Waals surface area contributed by atoms with Crippen molar-refractivity contribution in [3.8, 4) is 0 Å². The van der Waals surface area contributed by atoms with Crippen LogP contribution < -0.4 is 0 Å². The summed E-state index contributed by atoms with van der Waals surface area (Å²) in [6.45, 7) is 8.98. The standard InChI is InChI=1S/C8H17N.C2H6/c1-8-4-3-6-9(2)7-5-8;1-2/h8H,3-7H2,1-2H3;1-2H3. The molecule has 68 valence electrons. The van der Waals surface area contributed by atoms with Crippen molar-refractivity contribution in [2.75, 3.05) is 20.1 Å². The average molecular weight is 157 g/mol. The lowest BCUT2D eigenvalue weighted by Crippen LogP contribution is -2.18. The molecule has 1 nitrogen and oxygen atoms in total. The molecule has 1 unspecified atom stereocenters. The van der Waals surface area contributed by atoms with E-state index < -0.39 is 0 Å². The molecule has 1 heteroatoms. The van der Waals surface area contributed by atoms with Gasteiger partial charge >= 0.3 is 0 Å². The van der Waals surface area contributed by atoms with Crippen LogP contribution >= 0.6 is 0 Å². The fourth-order valence-electron chi connectivity index (χ4n) is 1.41. The maximum atomic E-state index is 2.43. The summed E-state index contributed by atoms with van der Waals surface area (Å²) in [7, 11) is 2.22. The molecule has 0 aromatic rings. The van der Waals surface area contributed by atoms with Gasteiger partial charge < -0.3 is 4.90 Å². The summed E-state index contributed by atoms with van der Waals surface area (Å²) in [5.41, 5.74) is 0. The maximum Gasteiger partial charge on any atom is -0.00192 e. The van der Waals surface area contributed by atoms with Crippen LogP contribution in [0.1, 0.15) is 40.0 Å². The Morgan fingerprint density at radius 2 is 1.73 bits per heavy atom. The Morgan fingerprint density at radius 3 is 2.36 bits per heavy atom. The van der Waals surface area contributed by atoms with Crippen molar-refractivity contribution in [1.29, 1.82) is 0 Å². The van der Waals surface area contributed by atoms with Gasteiger partial charge in [0.15, 0.2) is 0 Å². The highest BCUT2D eigenvalue weighted by atomic mass is 15.1. The Labute approximate surface area is 71.8 Å². The summed E-state index contributed by atoms with van der Waals surface area (Å²) >= 11 is 0. The van der Waals surface area contributed by atoms with Gasteiger partial charge in [-0.2, -0.15) is 0 Å². The van der Waals surface area contributed by atoms with E-state index in [0.29, 0.717) is 0 Å². The largest absolute Gasteiger partial charge is 0.306 e. The molecule has 0 aromatic carbocycles. The normalized spacial score (nSPS) is 26.7. The molecule has 0 spiro atoms. The molecule has 1 aliphatic rings. The van der Waals surface area contributed by atoms with Gasteiger partial charge in [-0.3, -0.25) is 0 Å². The third-order valence-electron chi connectivity index (χ3n) is 2.24. The molecule has 1 fully saturated rings. The van der Waals surface area contributed by atoms with Crippen molar-refractivity contribution in [3.05, 3.63) is 0 Å². The zero-order valence-corrected chi connectivity index (χ0v) is 8.56. The Hall–Kier alpha value is -0.0400. The first-order valence-corrected chi connectivity index (χ1v) is 4.97. The van der Waals surface area contributed by atoms with Gasteiger partial charge in [0.1, 0.15) is 0 Å². The van der Waals surface area contributed by atoms with E-state index in [4.69, 9.17) is 0 Å². The molecule has 1 rings (SSSR count). The first-order chi connectivity index (χ1) is 5.29. The Balaban J connectivity index is 0.000000461. The minimum atomic E-state index is 0.968. The van der Waals surface area contributed by atoms with E-state index in [0.717, 1.165) is 5.92 Å². The average Bonchev–Trinajstić information content (AvgIpc) is 2.20. The summed E-state index contributed by atoms with van der Waals surface area (Å²) in [6.07, 6.45) is 4.23. The van der Waals surface area contributed by atoms with Crippen LogP contribution in [0.25, 0.3) is 0 Å². The molecule has 11 heavy (non-hydrogen) atoms. The molecular formula is C10H23N. The van der Waals surface area contributed by atoms with Crippen molar-refractivity contribution in [2.24, 2.45) is 5.92 Å². The zero-order valence-electron chi connectivity index (χ0n) is 8.56. The van der Waals surface area contributed by atoms with E-state index in [-0.39, 0.29) is 0 Å². The van der Waals surface area contributed by atoms with Crippen LogP contribution in [0.4, 0.5) is 0 Å². The second kappa shape index (κ2) is 6.66. The first-order valence-electron chi connectivity index (χ1n) is 4.97. The monoisotopic (exact) mass is 157 g/mol. The van der Waals surface area contributed by atoms with E-state index in [1.165, 1.54) is 32.4 Å². The molecule has 0 saturated carbocycles. The topological polar surface area (TPSA) is 3.24 Å². The van der Waals surface area contributed by atoms with Gasteiger partial charge in [0.05, 0.1) is 0 Å². The van der Waals surface area contributed by atoms with Gasteiger partial charge in [-0.25, -0.2) is 0 Å². The summed E-state index contributed by atoms with van der Waals surface area (Å²) < 4.78 is 0. The summed E-state index contributed by atoms with van der Waals surface area (Å²) in [5, 5.41) is 0. The highest BCUT2D eigenvalue weighted by Gasteiger charge is 2.09. The van der Waals surface area contributed by atoms with Crippen molar-refractivity contribution in [2.45, 2.75) is 40.0 Å². The summed E-state index contributed by atoms with van der Waals surface area (Å²) in [5.74, 6) is 0.968. The van der Waals surface area contributed by atoms with Crippen LogP contribution in [-0.4, -0.2) is 25.0 Å². The van der Waals surface area contributed by atoms with E-state index in [2.05, 4.69) is 18.9 Å². The smallest absolute Gasteiger partial charge is 0.00192 e. The van der Waals surface area contributed by atoms with Crippen molar-refractivity contribution in [3.63, 3.8) is 0 Å². The van der Waals surface area contributed by atoms with E-state index in [1.807, 2.05) is 13.8 Å².